The predicted molar refractivity (Wildman–Crippen MR) is 76.4 cm³/mol. The normalized spacial score (nSPS) is 20.4. The number of nitrogens with one attached hydrogen (secondary N) is 1. The fraction of sp³-hybridized carbons (Fsp3) is 0.417. The SMILES string of the molecule is CC1(C)COC(=O)N[C@@H]1c1cc([N+](=O)[O-])ccc1Cl.Cl. The lowest BCUT2D eigenvalue weighted by molar-refractivity contribution is -0.385. The Labute approximate surface area is 127 Å². The quantitative estimate of drug-likeness (QED) is 0.668. The van der Waals surface area contributed by atoms with Crippen LogP contribution in [0.15, 0.2) is 18.2 Å². The molecular formula is C12H14Cl2N2O4. The van der Waals surface area contributed by atoms with Crippen molar-refractivity contribution in [3.8, 4) is 0 Å². The van der Waals surface area contributed by atoms with E-state index in [4.69, 9.17) is 16.3 Å². The van der Waals surface area contributed by atoms with Gasteiger partial charge in [-0.25, -0.2) is 4.79 Å². The maximum atomic E-state index is 11.4. The summed E-state index contributed by atoms with van der Waals surface area (Å²) in [6.45, 7) is 4.01. The zero-order chi connectivity index (χ0) is 14.2. The zero-order valence-corrected chi connectivity index (χ0v) is 12.5. The molecule has 1 aliphatic heterocycles. The van der Waals surface area contributed by atoms with E-state index in [1.54, 1.807) is 0 Å². The molecule has 0 saturated carbocycles. The number of hydrogen-bond donors (Lipinski definition) is 1. The van der Waals surface area contributed by atoms with E-state index in [1.165, 1.54) is 18.2 Å². The number of hydrogen-bond acceptors (Lipinski definition) is 4. The molecule has 1 fully saturated rings. The number of benzene rings is 1. The third-order valence-corrected chi connectivity index (χ3v) is 3.46. The largest absolute Gasteiger partial charge is 0.449 e. The summed E-state index contributed by atoms with van der Waals surface area (Å²) in [6.07, 6.45) is -0.549. The molecule has 6 nitrogen and oxygen atoms in total. The van der Waals surface area contributed by atoms with Gasteiger partial charge in [-0.3, -0.25) is 10.1 Å². The Balaban J connectivity index is 0.00000200. The molecule has 0 aliphatic carbocycles. The van der Waals surface area contributed by atoms with Crippen LogP contribution >= 0.6 is 24.0 Å². The number of nitrogens with zero attached hydrogens (tertiary/aromatic N) is 1. The van der Waals surface area contributed by atoms with Gasteiger partial charge in [0, 0.05) is 28.1 Å². The van der Waals surface area contributed by atoms with Crippen LogP contribution in [0.4, 0.5) is 10.5 Å². The number of rotatable bonds is 2. The van der Waals surface area contributed by atoms with Gasteiger partial charge in [-0.2, -0.15) is 0 Å². The highest BCUT2D eigenvalue weighted by Crippen LogP contribution is 2.40. The van der Waals surface area contributed by atoms with Crippen molar-refractivity contribution in [3.05, 3.63) is 38.9 Å². The van der Waals surface area contributed by atoms with Crippen molar-refractivity contribution < 1.29 is 14.5 Å². The first kappa shape index (κ1) is 16.5. The minimum atomic E-state index is -0.549. The molecular weight excluding hydrogens is 307 g/mol. The molecule has 2 rings (SSSR count). The second kappa shape index (κ2) is 5.85. The van der Waals surface area contributed by atoms with Gasteiger partial charge in [0.1, 0.15) is 6.61 Å². The second-order valence-corrected chi connectivity index (χ2v) is 5.51. The summed E-state index contributed by atoms with van der Waals surface area (Å²) in [5.41, 5.74) is 0.0562. The van der Waals surface area contributed by atoms with Crippen LogP contribution in [0.3, 0.4) is 0 Å². The highest BCUT2D eigenvalue weighted by Gasteiger charge is 2.39. The van der Waals surface area contributed by atoms with E-state index in [0.717, 1.165) is 0 Å². The molecule has 1 aromatic rings. The van der Waals surface area contributed by atoms with Crippen molar-refractivity contribution in [2.75, 3.05) is 6.61 Å². The zero-order valence-electron chi connectivity index (χ0n) is 10.9. The van der Waals surface area contributed by atoms with Crippen LogP contribution in [-0.2, 0) is 4.74 Å². The van der Waals surface area contributed by atoms with Crippen LogP contribution in [0, 0.1) is 15.5 Å². The number of halogens is 2. The number of ether oxygens (including phenoxy) is 1. The van der Waals surface area contributed by atoms with E-state index in [1.807, 2.05) is 13.8 Å². The van der Waals surface area contributed by atoms with Gasteiger partial charge in [-0.1, -0.05) is 25.4 Å². The van der Waals surface area contributed by atoms with Gasteiger partial charge in [0.2, 0.25) is 0 Å². The topological polar surface area (TPSA) is 81.5 Å². The number of carbonyl (C=O) groups is 1. The summed E-state index contributed by atoms with van der Waals surface area (Å²) >= 11 is 6.09. The van der Waals surface area contributed by atoms with E-state index >= 15 is 0 Å². The highest BCUT2D eigenvalue weighted by atomic mass is 35.5. The molecule has 1 amide bonds. The van der Waals surface area contributed by atoms with E-state index in [-0.39, 0.29) is 24.7 Å². The van der Waals surface area contributed by atoms with Gasteiger partial charge in [0.05, 0.1) is 11.0 Å². The van der Waals surface area contributed by atoms with Crippen LogP contribution in [0.25, 0.3) is 0 Å². The fourth-order valence-corrected chi connectivity index (χ4v) is 2.28. The number of cyclic esters (lactones) is 1. The van der Waals surface area contributed by atoms with Gasteiger partial charge in [-0.15, -0.1) is 12.4 Å². The van der Waals surface area contributed by atoms with Crippen molar-refractivity contribution in [2.45, 2.75) is 19.9 Å². The van der Waals surface area contributed by atoms with Crippen LogP contribution in [0.1, 0.15) is 25.5 Å². The molecule has 1 aliphatic rings. The fourth-order valence-electron chi connectivity index (χ4n) is 2.05. The van der Waals surface area contributed by atoms with Crippen LogP contribution in [0.5, 0.6) is 0 Å². The van der Waals surface area contributed by atoms with Gasteiger partial charge >= 0.3 is 6.09 Å². The highest BCUT2D eigenvalue weighted by molar-refractivity contribution is 6.31. The third-order valence-electron chi connectivity index (χ3n) is 3.12. The molecule has 8 heteroatoms. The first-order chi connectivity index (χ1) is 8.81. The molecule has 1 atom stereocenters. The summed E-state index contributed by atoms with van der Waals surface area (Å²) in [7, 11) is 0. The first-order valence-corrected chi connectivity index (χ1v) is 6.06. The van der Waals surface area contributed by atoms with Crippen molar-refractivity contribution in [2.24, 2.45) is 5.41 Å². The van der Waals surface area contributed by atoms with Crippen molar-refractivity contribution in [3.63, 3.8) is 0 Å². The Morgan fingerprint density at radius 2 is 2.15 bits per heavy atom. The van der Waals surface area contributed by atoms with Crippen LogP contribution in [-0.4, -0.2) is 17.6 Å². The number of amides is 1. The van der Waals surface area contributed by atoms with E-state index in [2.05, 4.69) is 5.32 Å². The molecule has 1 aromatic carbocycles. The average Bonchev–Trinajstić information content (AvgIpc) is 2.33. The van der Waals surface area contributed by atoms with Crippen LogP contribution < -0.4 is 5.32 Å². The lowest BCUT2D eigenvalue weighted by Gasteiger charge is -2.38. The Hall–Kier alpha value is -1.53. The van der Waals surface area contributed by atoms with Crippen molar-refractivity contribution in [1.82, 2.24) is 5.32 Å². The minimum absolute atomic E-state index is 0. The van der Waals surface area contributed by atoms with E-state index < -0.39 is 22.5 Å². The Bertz CT molecular complexity index is 548. The molecule has 110 valence electrons. The number of nitro benzene ring substituents is 1. The first-order valence-electron chi connectivity index (χ1n) is 5.68. The molecule has 0 bridgehead atoms. The molecule has 1 heterocycles. The van der Waals surface area contributed by atoms with E-state index in [9.17, 15) is 14.9 Å². The molecule has 0 unspecified atom stereocenters. The average molecular weight is 321 g/mol. The summed E-state index contributed by atoms with van der Waals surface area (Å²) in [5, 5.41) is 13.9. The van der Waals surface area contributed by atoms with Gasteiger partial charge in [0.25, 0.3) is 5.69 Å². The van der Waals surface area contributed by atoms with Gasteiger partial charge in [0.15, 0.2) is 0 Å². The molecule has 1 N–H and O–H groups in total. The summed E-state index contributed by atoms with van der Waals surface area (Å²) in [6, 6.07) is 3.76. The number of nitro groups is 1. The minimum Gasteiger partial charge on any atom is -0.449 e. The number of carbonyl (C=O) groups excluding carboxylic acids is 1. The predicted octanol–water partition coefficient (Wildman–Crippen LogP) is 3.48. The molecule has 0 radical (unpaired) electrons. The molecule has 0 aromatic heterocycles. The van der Waals surface area contributed by atoms with Crippen molar-refractivity contribution in [1.29, 1.82) is 0 Å². The standard InChI is InChI=1S/C12H13ClN2O4.ClH/c1-12(2)6-19-11(16)14-10(12)8-5-7(15(17)18)3-4-9(8)13;/h3-5,10H,6H2,1-2H3,(H,14,16);1H/t10-;/m1./s1. The summed E-state index contributed by atoms with van der Waals surface area (Å²) in [5.74, 6) is 0. The van der Waals surface area contributed by atoms with Gasteiger partial charge < -0.3 is 10.1 Å². The van der Waals surface area contributed by atoms with Gasteiger partial charge in [-0.05, 0) is 6.07 Å². The smallest absolute Gasteiger partial charge is 0.407 e. The number of non-ortho nitro benzene ring substituents is 1. The lowest BCUT2D eigenvalue weighted by atomic mass is 9.80. The lowest BCUT2D eigenvalue weighted by Crippen LogP contribution is -2.47. The maximum Gasteiger partial charge on any atom is 0.407 e. The maximum absolute atomic E-state index is 11.4. The summed E-state index contributed by atoms with van der Waals surface area (Å²) < 4.78 is 4.94. The van der Waals surface area contributed by atoms with E-state index in [0.29, 0.717) is 10.6 Å². The molecule has 0 spiro atoms. The monoisotopic (exact) mass is 320 g/mol. The Morgan fingerprint density at radius 1 is 1.50 bits per heavy atom. The van der Waals surface area contributed by atoms with Crippen molar-refractivity contribution >= 4 is 35.8 Å². The third kappa shape index (κ3) is 3.13. The number of alkyl carbamates (subject to hydrolysis) is 1. The second-order valence-electron chi connectivity index (χ2n) is 5.10. The Morgan fingerprint density at radius 3 is 2.75 bits per heavy atom. The summed E-state index contributed by atoms with van der Waals surface area (Å²) in [4.78, 5) is 21.7. The molecule has 20 heavy (non-hydrogen) atoms. The Kier molecular flexibility index (Phi) is 4.83. The van der Waals surface area contributed by atoms with Crippen LogP contribution in [0.2, 0.25) is 5.02 Å². The molecule has 1 saturated heterocycles.